The van der Waals surface area contributed by atoms with Crippen LogP contribution in [0.4, 0.5) is 17.6 Å². The van der Waals surface area contributed by atoms with Crippen molar-refractivity contribution in [2.75, 3.05) is 13.1 Å². The van der Waals surface area contributed by atoms with Gasteiger partial charge in [0.05, 0.1) is 12.2 Å². The fourth-order valence-corrected chi connectivity index (χ4v) is 4.04. The number of alkyl halides is 4. The van der Waals surface area contributed by atoms with Crippen LogP contribution in [0.5, 0.6) is 0 Å². The zero-order valence-corrected chi connectivity index (χ0v) is 17.7. The maximum Gasteiger partial charge on any atom is 0.397 e. The van der Waals surface area contributed by atoms with Crippen LogP contribution in [-0.4, -0.2) is 74.4 Å². The van der Waals surface area contributed by atoms with Gasteiger partial charge in [-0.3, -0.25) is 9.59 Å². The number of nitrogens with two attached hydrogens (primary N) is 1. The first-order valence-electron chi connectivity index (χ1n) is 10.6. The van der Waals surface area contributed by atoms with Gasteiger partial charge in [-0.05, 0) is 12.8 Å². The van der Waals surface area contributed by atoms with Crippen LogP contribution in [0.1, 0.15) is 55.6 Å². The summed E-state index contributed by atoms with van der Waals surface area (Å²) >= 11 is 0. The van der Waals surface area contributed by atoms with Gasteiger partial charge in [0.2, 0.25) is 11.8 Å². The molecule has 2 aliphatic rings. The van der Waals surface area contributed by atoms with E-state index in [2.05, 4.69) is 9.97 Å². The molecule has 12 heteroatoms. The number of halogens is 4. The molecule has 2 amide bonds. The molecule has 0 radical (unpaired) electrons. The molecule has 3 N–H and O–H groups in total. The van der Waals surface area contributed by atoms with Crippen molar-refractivity contribution in [3.8, 4) is 0 Å². The minimum Gasteiger partial charge on any atom is -0.370 e. The normalized spacial score (nSPS) is 25.0. The Morgan fingerprint density at radius 1 is 1.41 bits per heavy atom. The highest BCUT2D eigenvalue weighted by Crippen LogP contribution is 2.39. The molecule has 178 valence electrons. The lowest BCUT2D eigenvalue weighted by atomic mass is 9.93. The van der Waals surface area contributed by atoms with Gasteiger partial charge < -0.3 is 20.6 Å². The summed E-state index contributed by atoms with van der Waals surface area (Å²) in [7, 11) is 0. The van der Waals surface area contributed by atoms with E-state index in [1.165, 1.54) is 6.20 Å². The highest BCUT2D eigenvalue weighted by Gasteiger charge is 2.46. The molecule has 0 saturated carbocycles. The van der Waals surface area contributed by atoms with E-state index in [-0.39, 0.29) is 43.6 Å². The number of aliphatic hydroxyl groups excluding tert-OH is 1. The number of hydrogen-bond donors (Lipinski definition) is 2. The van der Waals surface area contributed by atoms with Gasteiger partial charge in [0.1, 0.15) is 17.9 Å². The Morgan fingerprint density at radius 3 is 2.78 bits per heavy atom. The SMILES string of the molecule is CCCc1ncc2c(n1)CN(C(=O)C[C@@H](N)CN1C(=O)CCC(F)C1O)CC2C(F)(F)F. The van der Waals surface area contributed by atoms with Crippen molar-refractivity contribution >= 4 is 11.8 Å². The van der Waals surface area contributed by atoms with Gasteiger partial charge in [-0.25, -0.2) is 14.4 Å². The third kappa shape index (κ3) is 5.34. The summed E-state index contributed by atoms with van der Waals surface area (Å²) in [5, 5.41) is 9.88. The lowest BCUT2D eigenvalue weighted by Gasteiger charge is -2.37. The number of aromatic nitrogens is 2. The number of hydrogen-bond acceptors (Lipinski definition) is 6. The molecule has 32 heavy (non-hydrogen) atoms. The summed E-state index contributed by atoms with van der Waals surface area (Å²) in [5.41, 5.74) is 6.05. The predicted molar refractivity (Wildman–Crippen MR) is 105 cm³/mol. The van der Waals surface area contributed by atoms with Crippen molar-refractivity contribution in [3.63, 3.8) is 0 Å². The Labute approximate surface area is 182 Å². The van der Waals surface area contributed by atoms with Crippen LogP contribution in [0, 0.1) is 0 Å². The van der Waals surface area contributed by atoms with Crippen LogP contribution in [0.25, 0.3) is 0 Å². The predicted octanol–water partition coefficient (Wildman–Crippen LogP) is 1.41. The summed E-state index contributed by atoms with van der Waals surface area (Å²) in [4.78, 5) is 34.9. The zero-order valence-electron chi connectivity index (χ0n) is 17.7. The molecule has 0 aromatic carbocycles. The Balaban J connectivity index is 1.72. The van der Waals surface area contributed by atoms with E-state index < -0.39 is 48.9 Å². The van der Waals surface area contributed by atoms with Crippen molar-refractivity contribution in [3.05, 3.63) is 23.3 Å². The number of rotatable bonds is 6. The summed E-state index contributed by atoms with van der Waals surface area (Å²) in [6, 6.07) is -0.974. The fraction of sp³-hybridized carbons (Fsp3) is 0.700. The molecule has 3 heterocycles. The van der Waals surface area contributed by atoms with E-state index in [0.29, 0.717) is 12.2 Å². The summed E-state index contributed by atoms with van der Waals surface area (Å²) in [6.45, 7) is 0.927. The van der Waals surface area contributed by atoms with E-state index in [0.717, 1.165) is 16.2 Å². The minimum atomic E-state index is -4.59. The van der Waals surface area contributed by atoms with Crippen molar-refractivity contribution in [2.24, 2.45) is 5.73 Å². The lowest BCUT2D eigenvalue weighted by Crippen LogP contribution is -2.54. The van der Waals surface area contributed by atoms with Crippen molar-refractivity contribution in [2.45, 2.75) is 76.1 Å². The van der Waals surface area contributed by atoms with Crippen LogP contribution in [0.15, 0.2) is 6.20 Å². The maximum atomic E-state index is 13.7. The number of amides is 2. The van der Waals surface area contributed by atoms with Gasteiger partial charge >= 0.3 is 6.18 Å². The quantitative estimate of drug-likeness (QED) is 0.620. The van der Waals surface area contributed by atoms with Gasteiger partial charge in [-0.15, -0.1) is 0 Å². The number of fused-ring (bicyclic) bond motifs is 1. The van der Waals surface area contributed by atoms with E-state index >= 15 is 0 Å². The largest absolute Gasteiger partial charge is 0.397 e. The molecular formula is C20H27F4N5O3. The lowest BCUT2D eigenvalue weighted by molar-refractivity contribution is -0.162. The number of nitrogens with zero attached hydrogens (tertiary/aromatic N) is 4. The van der Waals surface area contributed by atoms with Crippen LogP contribution >= 0.6 is 0 Å². The Hall–Kier alpha value is -2.34. The summed E-state index contributed by atoms with van der Waals surface area (Å²) < 4.78 is 54.7. The third-order valence-corrected chi connectivity index (χ3v) is 5.76. The van der Waals surface area contributed by atoms with Crippen LogP contribution in [-0.2, 0) is 22.6 Å². The fourth-order valence-electron chi connectivity index (χ4n) is 4.04. The molecule has 3 unspecified atom stereocenters. The van der Waals surface area contributed by atoms with Gasteiger partial charge in [-0.2, -0.15) is 13.2 Å². The number of aliphatic hydroxyl groups is 1. The van der Waals surface area contributed by atoms with E-state index in [1.54, 1.807) is 0 Å². The smallest absolute Gasteiger partial charge is 0.370 e. The van der Waals surface area contributed by atoms with Crippen molar-refractivity contribution in [1.29, 1.82) is 0 Å². The molecule has 0 aliphatic carbocycles. The average molecular weight is 461 g/mol. The third-order valence-electron chi connectivity index (χ3n) is 5.76. The van der Waals surface area contributed by atoms with Crippen molar-refractivity contribution < 1.29 is 32.3 Å². The highest BCUT2D eigenvalue weighted by atomic mass is 19.4. The number of piperidine rings is 1. The van der Waals surface area contributed by atoms with Crippen LogP contribution in [0.2, 0.25) is 0 Å². The standard InChI is InChI=1S/C20H27F4N5O3/c1-2-3-16-26-7-12-13(20(22,23)24)9-28(10-15(12)27-16)18(31)6-11(25)8-29-17(30)5-4-14(21)19(29)32/h7,11,13-14,19,32H,2-6,8-10,25H2,1H3/t11-,13?,14?,19?/m1/s1. The molecular weight excluding hydrogens is 434 g/mol. The molecule has 1 aromatic heterocycles. The Bertz CT molecular complexity index is 853. The van der Waals surface area contributed by atoms with Crippen LogP contribution in [0.3, 0.4) is 0 Å². The summed E-state index contributed by atoms with van der Waals surface area (Å²) in [5.74, 6) is -2.63. The molecule has 1 saturated heterocycles. The van der Waals surface area contributed by atoms with E-state index in [9.17, 15) is 32.3 Å². The minimum absolute atomic E-state index is 0.0401. The first-order chi connectivity index (χ1) is 15.0. The second-order valence-electron chi connectivity index (χ2n) is 8.29. The Morgan fingerprint density at radius 2 is 2.12 bits per heavy atom. The second-order valence-corrected chi connectivity index (χ2v) is 8.29. The monoisotopic (exact) mass is 461 g/mol. The van der Waals surface area contributed by atoms with Gasteiger partial charge in [-0.1, -0.05) is 6.92 Å². The number of carbonyl (C=O) groups is 2. The molecule has 0 spiro atoms. The molecule has 1 fully saturated rings. The van der Waals surface area contributed by atoms with E-state index in [4.69, 9.17) is 5.73 Å². The van der Waals surface area contributed by atoms with Crippen LogP contribution < -0.4 is 5.73 Å². The van der Waals surface area contributed by atoms with Gasteiger partial charge in [0.15, 0.2) is 6.23 Å². The number of likely N-dealkylation sites (tertiary alicyclic amines) is 1. The first-order valence-corrected chi connectivity index (χ1v) is 10.6. The highest BCUT2D eigenvalue weighted by molar-refractivity contribution is 5.79. The number of carbonyl (C=O) groups excluding carboxylic acids is 2. The van der Waals surface area contributed by atoms with E-state index in [1.807, 2.05) is 6.92 Å². The average Bonchev–Trinajstić information content (AvgIpc) is 2.72. The first kappa shape index (κ1) is 24.3. The number of aryl methyl sites for hydroxylation is 1. The molecule has 8 nitrogen and oxygen atoms in total. The molecule has 3 rings (SSSR count). The molecule has 2 aliphatic heterocycles. The molecule has 4 atom stereocenters. The van der Waals surface area contributed by atoms with Gasteiger partial charge in [0.25, 0.3) is 0 Å². The van der Waals surface area contributed by atoms with Crippen molar-refractivity contribution in [1.82, 2.24) is 19.8 Å². The summed E-state index contributed by atoms with van der Waals surface area (Å²) in [6.07, 6.45) is -5.99. The topological polar surface area (TPSA) is 113 Å². The van der Waals surface area contributed by atoms with Gasteiger partial charge in [0, 0.05) is 50.2 Å². The molecule has 1 aromatic rings. The maximum absolute atomic E-state index is 13.7. The molecule has 0 bridgehead atoms. The Kier molecular flexibility index (Phi) is 7.33. The zero-order chi connectivity index (χ0) is 23.6. The second kappa shape index (κ2) is 9.65.